The third kappa shape index (κ3) is 4.49. The third-order valence-corrected chi connectivity index (χ3v) is 4.90. The summed E-state index contributed by atoms with van der Waals surface area (Å²) in [4.78, 5) is 49.2. The summed E-state index contributed by atoms with van der Waals surface area (Å²) < 4.78 is 4.95. The monoisotopic (exact) mass is 389 g/mol. The van der Waals surface area contributed by atoms with E-state index in [0.717, 1.165) is 16.0 Å². The standard InChI is InChI=1S/C20H27N3O5/c1-6-20(5)18(26)23(19(27)22-20)10-16(25)28-11-15(24)21-17-13(4)8-7-9-14(17)12(2)3/h7-9,12H,6,10-11H2,1-5H3,(H,21,24)(H,22,27)/t20-/m0/s1. The molecule has 0 aliphatic carbocycles. The number of amides is 4. The zero-order valence-electron chi connectivity index (χ0n) is 16.9. The number of nitrogens with one attached hydrogen (secondary N) is 2. The normalized spacial score (nSPS) is 19.0. The molecule has 1 atom stereocenters. The van der Waals surface area contributed by atoms with Crippen molar-refractivity contribution in [3.05, 3.63) is 29.3 Å². The number of esters is 1. The van der Waals surface area contributed by atoms with E-state index in [0.29, 0.717) is 12.1 Å². The van der Waals surface area contributed by atoms with E-state index < -0.39 is 42.5 Å². The van der Waals surface area contributed by atoms with Crippen LogP contribution in [-0.2, 0) is 19.1 Å². The minimum atomic E-state index is -1.02. The molecule has 1 heterocycles. The maximum absolute atomic E-state index is 12.3. The summed E-state index contributed by atoms with van der Waals surface area (Å²) in [7, 11) is 0. The van der Waals surface area contributed by atoms with Crippen LogP contribution < -0.4 is 10.6 Å². The van der Waals surface area contributed by atoms with E-state index >= 15 is 0 Å². The van der Waals surface area contributed by atoms with Crippen molar-refractivity contribution in [2.24, 2.45) is 0 Å². The number of imide groups is 1. The second-order valence-electron chi connectivity index (χ2n) is 7.41. The van der Waals surface area contributed by atoms with Gasteiger partial charge in [-0.2, -0.15) is 0 Å². The molecule has 1 aromatic rings. The fourth-order valence-corrected chi connectivity index (χ4v) is 2.97. The Morgan fingerprint density at radius 1 is 1.29 bits per heavy atom. The quantitative estimate of drug-likeness (QED) is 0.550. The van der Waals surface area contributed by atoms with E-state index in [1.54, 1.807) is 13.8 Å². The number of carbonyl (C=O) groups is 4. The van der Waals surface area contributed by atoms with Crippen LogP contribution in [0.1, 0.15) is 51.2 Å². The van der Waals surface area contributed by atoms with Gasteiger partial charge in [-0.05, 0) is 37.3 Å². The van der Waals surface area contributed by atoms with Gasteiger partial charge in [0.2, 0.25) is 0 Å². The second-order valence-corrected chi connectivity index (χ2v) is 7.41. The molecule has 0 radical (unpaired) electrons. The van der Waals surface area contributed by atoms with Crippen LogP contribution >= 0.6 is 0 Å². The topological polar surface area (TPSA) is 105 Å². The Morgan fingerprint density at radius 3 is 2.54 bits per heavy atom. The Morgan fingerprint density at radius 2 is 1.96 bits per heavy atom. The molecule has 8 nitrogen and oxygen atoms in total. The summed E-state index contributed by atoms with van der Waals surface area (Å²) >= 11 is 0. The van der Waals surface area contributed by atoms with Crippen molar-refractivity contribution < 1.29 is 23.9 Å². The van der Waals surface area contributed by atoms with Crippen LogP contribution in [0.3, 0.4) is 0 Å². The van der Waals surface area contributed by atoms with E-state index in [9.17, 15) is 19.2 Å². The van der Waals surface area contributed by atoms with Crippen LogP contribution in [0.15, 0.2) is 18.2 Å². The summed E-state index contributed by atoms with van der Waals surface area (Å²) in [6, 6.07) is 5.09. The fraction of sp³-hybridized carbons (Fsp3) is 0.500. The molecular weight excluding hydrogens is 362 g/mol. The largest absolute Gasteiger partial charge is 0.454 e. The summed E-state index contributed by atoms with van der Waals surface area (Å²) in [5, 5.41) is 5.33. The second kappa shape index (κ2) is 8.41. The molecule has 4 amide bonds. The number of aryl methyl sites for hydroxylation is 1. The van der Waals surface area contributed by atoms with Gasteiger partial charge in [0.05, 0.1) is 0 Å². The van der Waals surface area contributed by atoms with Gasteiger partial charge in [-0.25, -0.2) is 4.79 Å². The number of rotatable bonds is 7. The molecule has 0 bridgehead atoms. The number of benzene rings is 1. The number of nitrogens with zero attached hydrogens (tertiary/aromatic N) is 1. The van der Waals surface area contributed by atoms with Gasteiger partial charge in [-0.15, -0.1) is 0 Å². The van der Waals surface area contributed by atoms with Crippen LogP contribution in [0.4, 0.5) is 10.5 Å². The molecule has 28 heavy (non-hydrogen) atoms. The van der Waals surface area contributed by atoms with Gasteiger partial charge in [0.15, 0.2) is 6.61 Å². The molecule has 0 spiro atoms. The van der Waals surface area contributed by atoms with E-state index in [1.807, 2.05) is 39.0 Å². The number of hydrogen-bond acceptors (Lipinski definition) is 5. The first kappa shape index (κ1) is 21.4. The van der Waals surface area contributed by atoms with E-state index in [1.165, 1.54) is 0 Å². The molecule has 8 heteroatoms. The fourth-order valence-electron chi connectivity index (χ4n) is 2.97. The maximum atomic E-state index is 12.3. The summed E-state index contributed by atoms with van der Waals surface area (Å²) in [5.74, 6) is -1.58. The first-order valence-corrected chi connectivity index (χ1v) is 9.28. The number of para-hydroxylation sites is 1. The molecule has 1 saturated heterocycles. The molecule has 152 valence electrons. The van der Waals surface area contributed by atoms with Crippen molar-refractivity contribution in [3.8, 4) is 0 Å². The molecule has 0 saturated carbocycles. The average Bonchev–Trinajstić information content (AvgIpc) is 2.85. The molecule has 2 N–H and O–H groups in total. The Kier molecular flexibility index (Phi) is 6.43. The van der Waals surface area contributed by atoms with Gasteiger partial charge in [0.1, 0.15) is 12.1 Å². The van der Waals surface area contributed by atoms with Crippen LogP contribution in [0.5, 0.6) is 0 Å². The van der Waals surface area contributed by atoms with Crippen molar-refractivity contribution in [1.82, 2.24) is 10.2 Å². The van der Waals surface area contributed by atoms with Crippen molar-refractivity contribution in [3.63, 3.8) is 0 Å². The molecular formula is C20H27N3O5. The Balaban J connectivity index is 1.93. The van der Waals surface area contributed by atoms with Crippen LogP contribution in [0.2, 0.25) is 0 Å². The van der Waals surface area contributed by atoms with Crippen LogP contribution in [0.25, 0.3) is 0 Å². The summed E-state index contributed by atoms with van der Waals surface area (Å²) in [5.41, 5.74) is 1.57. The lowest BCUT2D eigenvalue weighted by atomic mass is 9.98. The van der Waals surface area contributed by atoms with Crippen molar-refractivity contribution in [2.45, 2.75) is 52.5 Å². The van der Waals surface area contributed by atoms with Crippen LogP contribution in [0, 0.1) is 6.92 Å². The number of ether oxygens (including phenoxy) is 1. The average molecular weight is 389 g/mol. The lowest BCUT2D eigenvalue weighted by Crippen LogP contribution is -2.43. The molecule has 0 unspecified atom stereocenters. The minimum absolute atomic E-state index is 0.213. The minimum Gasteiger partial charge on any atom is -0.454 e. The molecule has 1 aliphatic heterocycles. The zero-order chi connectivity index (χ0) is 21.1. The highest BCUT2D eigenvalue weighted by Gasteiger charge is 2.47. The highest BCUT2D eigenvalue weighted by Crippen LogP contribution is 2.27. The van der Waals surface area contributed by atoms with Gasteiger partial charge in [0.25, 0.3) is 11.8 Å². The predicted octanol–water partition coefficient (Wildman–Crippen LogP) is 2.32. The smallest absolute Gasteiger partial charge is 0.326 e. The van der Waals surface area contributed by atoms with Crippen LogP contribution in [-0.4, -0.2) is 47.4 Å². The van der Waals surface area contributed by atoms with Gasteiger partial charge >= 0.3 is 12.0 Å². The van der Waals surface area contributed by atoms with Gasteiger partial charge in [0, 0.05) is 5.69 Å². The van der Waals surface area contributed by atoms with E-state index in [2.05, 4.69) is 10.6 Å². The Hall–Kier alpha value is -2.90. The highest BCUT2D eigenvalue weighted by atomic mass is 16.5. The highest BCUT2D eigenvalue weighted by molar-refractivity contribution is 6.08. The van der Waals surface area contributed by atoms with E-state index in [-0.39, 0.29) is 5.92 Å². The third-order valence-electron chi connectivity index (χ3n) is 4.90. The van der Waals surface area contributed by atoms with Crippen molar-refractivity contribution in [2.75, 3.05) is 18.5 Å². The first-order chi connectivity index (χ1) is 13.1. The Bertz CT molecular complexity index is 805. The molecule has 2 rings (SSSR count). The van der Waals surface area contributed by atoms with Crippen molar-refractivity contribution in [1.29, 1.82) is 0 Å². The number of anilines is 1. The molecule has 1 aliphatic rings. The SMILES string of the molecule is CC[C@]1(C)NC(=O)N(CC(=O)OCC(=O)Nc2c(C)cccc2C(C)C)C1=O. The summed E-state index contributed by atoms with van der Waals surface area (Å²) in [6.07, 6.45) is 0.403. The number of carbonyl (C=O) groups excluding carboxylic acids is 4. The first-order valence-electron chi connectivity index (χ1n) is 9.28. The molecule has 0 aromatic heterocycles. The molecule has 1 aromatic carbocycles. The van der Waals surface area contributed by atoms with Crippen molar-refractivity contribution >= 4 is 29.5 Å². The lowest BCUT2D eigenvalue weighted by molar-refractivity contribution is -0.150. The summed E-state index contributed by atoms with van der Waals surface area (Å²) in [6.45, 7) is 8.26. The number of urea groups is 1. The van der Waals surface area contributed by atoms with Gasteiger partial charge in [-0.1, -0.05) is 39.0 Å². The Labute approximate surface area is 164 Å². The zero-order valence-corrected chi connectivity index (χ0v) is 16.9. The molecule has 1 fully saturated rings. The van der Waals surface area contributed by atoms with E-state index in [4.69, 9.17) is 4.74 Å². The lowest BCUT2D eigenvalue weighted by Gasteiger charge is -2.19. The predicted molar refractivity (Wildman–Crippen MR) is 104 cm³/mol. The number of hydrogen-bond donors (Lipinski definition) is 2. The van der Waals surface area contributed by atoms with Gasteiger partial charge in [-0.3, -0.25) is 19.3 Å². The van der Waals surface area contributed by atoms with Gasteiger partial charge < -0.3 is 15.4 Å². The maximum Gasteiger partial charge on any atom is 0.326 e.